The molecule has 0 saturated carbocycles. The van der Waals surface area contributed by atoms with E-state index in [1.54, 1.807) is 6.92 Å². The summed E-state index contributed by atoms with van der Waals surface area (Å²) in [6, 6.07) is 3.34. The lowest BCUT2D eigenvalue weighted by molar-refractivity contribution is -0.142. The predicted octanol–water partition coefficient (Wildman–Crippen LogP) is 5.25. The van der Waals surface area contributed by atoms with Crippen LogP contribution in [0.3, 0.4) is 0 Å². The number of pyridine rings is 1. The number of benzene rings is 1. The van der Waals surface area contributed by atoms with Crippen molar-refractivity contribution in [3.63, 3.8) is 0 Å². The van der Waals surface area contributed by atoms with Crippen molar-refractivity contribution in [1.29, 1.82) is 0 Å². The molecule has 0 spiro atoms. The van der Waals surface area contributed by atoms with Crippen LogP contribution in [0.1, 0.15) is 34.9 Å². The van der Waals surface area contributed by atoms with E-state index in [-0.39, 0.29) is 40.6 Å². The molecule has 0 aliphatic rings. The van der Waals surface area contributed by atoms with Crippen molar-refractivity contribution < 1.29 is 22.0 Å². The van der Waals surface area contributed by atoms with Crippen LogP contribution in [0.2, 0.25) is 0 Å². The van der Waals surface area contributed by atoms with E-state index in [9.17, 15) is 22.0 Å². The summed E-state index contributed by atoms with van der Waals surface area (Å²) in [5, 5.41) is 13.1. The lowest BCUT2D eigenvalue weighted by Crippen LogP contribution is -2.22. The normalized spacial score (nSPS) is 12.0. The molecular formula is C25H20F5N7. The number of hydrogen-bond donors (Lipinski definition) is 2. The van der Waals surface area contributed by atoms with Gasteiger partial charge >= 0.3 is 6.18 Å². The van der Waals surface area contributed by atoms with Crippen molar-refractivity contribution in [2.45, 2.75) is 19.5 Å². The van der Waals surface area contributed by atoms with Gasteiger partial charge in [0.05, 0.1) is 11.8 Å². The maximum Gasteiger partial charge on any atom is 0.434 e. The summed E-state index contributed by atoms with van der Waals surface area (Å²) >= 11 is 0. The smallest absolute Gasteiger partial charge is 0.383 e. The second kappa shape index (κ2) is 10.9. The first-order chi connectivity index (χ1) is 17.5. The molecule has 2 aromatic heterocycles. The Hall–Kier alpha value is -4.79. The van der Waals surface area contributed by atoms with Crippen LogP contribution in [0.4, 0.5) is 33.5 Å². The van der Waals surface area contributed by atoms with E-state index < -0.39 is 29.1 Å². The molecule has 0 radical (unpaired) electrons. The van der Waals surface area contributed by atoms with E-state index >= 15 is 0 Å². The Kier molecular flexibility index (Phi) is 7.87. The molecule has 0 amide bonds. The lowest BCUT2D eigenvalue weighted by Gasteiger charge is -2.15. The van der Waals surface area contributed by atoms with Crippen molar-refractivity contribution >= 4 is 29.8 Å². The van der Waals surface area contributed by atoms with Crippen LogP contribution < -0.4 is 11.1 Å². The number of terminal acetylenes is 1. The quantitative estimate of drug-likeness (QED) is 0.148. The van der Waals surface area contributed by atoms with E-state index in [4.69, 9.17) is 12.2 Å². The van der Waals surface area contributed by atoms with Crippen molar-refractivity contribution in [3.8, 4) is 12.3 Å². The van der Waals surface area contributed by atoms with Crippen molar-refractivity contribution in [1.82, 2.24) is 14.8 Å². The maximum atomic E-state index is 14.9. The van der Waals surface area contributed by atoms with Crippen molar-refractivity contribution in [2.75, 3.05) is 11.1 Å². The number of nitrogen functional groups attached to an aromatic ring is 1. The third-order valence-corrected chi connectivity index (χ3v) is 5.08. The molecule has 3 rings (SSSR count). The average Bonchev–Trinajstić information content (AvgIpc) is 3.27. The monoisotopic (exact) mass is 513 g/mol. The predicted molar refractivity (Wildman–Crippen MR) is 133 cm³/mol. The highest BCUT2D eigenvalue weighted by atomic mass is 19.4. The molecule has 0 fully saturated rings. The maximum absolute atomic E-state index is 14.9. The van der Waals surface area contributed by atoms with Gasteiger partial charge < -0.3 is 11.1 Å². The van der Waals surface area contributed by atoms with E-state index in [0.29, 0.717) is 10.2 Å². The first-order valence-corrected chi connectivity index (χ1v) is 10.5. The third-order valence-electron chi connectivity index (χ3n) is 5.08. The number of aromatic nitrogens is 3. The fourth-order valence-corrected chi connectivity index (χ4v) is 3.49. The molecule has 1 aromatic carbocycles. The summed E-state index contributed by atoms with van der Waals surface area (Å²) in [6.45, 7) is 8.31. The molecule has 190 valence electrons. The van der Waals surface area contributed by atoms with Gasteiger partial charge in [0.1, 0.15) is 17.5 Å². The summed E-state index contributed by atoms with van der Waals surface area (Å²) in [7, 11) is 0. The lowest BCUT2D eigenvalue weighted by atomic mass is 10.00. The Balaban J connectivity index is 1.96. The minimum absolute atomic E-state index is 0.0444. The molecule has 0 saturated heterocycles. The van der Waals surface area contributed by atoms with Gasteiger partial charge in [-0.05, 0) is 36.8 Å². The molecule has 12 heteroatoms. The van der Waals surface area contributed by atoms with Crippen LogP contribution in [0.5, 0.6) is 0 Å². The Morgan fingerprint density at radius 1 is 1.30 bits per heavy atom. The molecule has 7 nitrogen and oxygen atoms in total. The standard InChI is InChI=1S/C25H20F5N7/c1-5-7-22(36-32-4)37-23(25(28,29)30)19(13-34-37)14(3)35-16-11-20(26)18(21(27)12-16)10-15-8-9-33-24(31)17(15)6-2/h2,5,7-9,11-13,35H,3-4,10H2,1H3,(H2,31,33)/b7-5-,36-22+. The SMILES string of the molecule is C#Cc1c(Cc2c(F)cc(NC(=C)c3cnn(C(/C=C\C)=N/N=C)c3C(F)(F)F)cc2F)ccnc1N. The van der Waals surface area contributed by atoms with Gasteiger partial charge in [-0.25, -0.2) is 18.4 Å². The zero-order valence-corrected chi connectivity index (χ0v) is 19.4. The van der Waals surface area contributed by atoms with Crippen LogP contribution in [-0.4, -0.2) is 27.3 Å². The van der Waals surface area contributed by atoms with Crippen LogP contribution in [-0.2, 0) is 12.6 Å². The zero-order chi connectivity index (χ0) is 27.3. The first-order valence-electron chi connectivity index (χ1n) is 10.5. The van der Waals surface area contributed by atoms with Gasteiger partial charge in [0.25, 0.3) is 0 Å². The van der Waals surface area contributed by atoms with Crippen LogP contribution >= 0.6 is 0 Å². The van der Waals surface area contributed by atoms with Crippen molar-refractivity contribution in [2.24, 2.45) is 10.2 Å². The van der Waals surface area contributed by atoms with Crippen LogP contribution in [0.25, 0.3) is 5.70 Å². The third kappa shape index (κ3) is 5.72. The zero-order valence-electron chi connectivity index (χ0n) is 19.4. The number of hydrogen-bond acceptors (Lipinski definition) is 6. The number of nitrogens with zero attached hydrogens (tertiary/aromatic N) is 5. The highest BCUT2D eigenvalue weighted by Crippen LogP contribution is 2.35. The number of nitrogens with one attached hydrogen (secondary N) is 1. The van der Waals surface area contributed by atoms with Crippen LogP contribution in [0.15, 0.2) is 59.5 Å². The largest absolute Gasteiger partial charge is 0.434 e. The molecule has 0 atom stereocenters. The fraction of sp³-hybridized carbons (Fsp3) is 0.120. The first kappa shape index (κ1) is 26.8. The van der Waals surface area contributed by atoms with Gasteiger partial charge in [-0.1, -0.05) is 18.6 Å². The van der Waals surface area contributed by atoms with Crippen LogP contribution in [0, 0.1) is 24.0 Å². The summed E-state index contributed by atoms with van der Waals surface area (Å²) in [5.41, 5.74) is 3.83. The summed E-state index contributed by atoms with van der Waals surface area (Å²) in [6.07, 6.45) is 5.27. The molecule has 0 aliphatic heterocycles. The number of rotatable bonds is 7. The second-order valence-corrected chi connectivity index (χ2v) is 7.49. The van der Waals surface area contributed by atoms with Gasteiger partial charge in [-0.3, -0.25) is 0 Å². The van der Waals surface area contributed by atoms with E-state index in [2.05, 4.69) is 44.8 Å². The highest BCUT2D eigenvalue weighted by molar-refractivity contribution is 5.95. The molecule has 0 unspecified atom stereocenters. The molecule has 3 N–H and O–H groups in total. The van der Waals surface area contributed by atoms with Gasteiger partial charge in [0, 0.05) is 41.8 Å². The summed E-state index contributed by atoms with van der Waals surface area (Å²) < 4.78 is 72.2. The molecular weight excluding hydrogens is 493 g/mol. The Morgan fingerprint density at radius 3 is 2.54 bits per heavy atom. The number of alkyl halides is 3. The molecule has 37 heavy (non-hydrogen) atoms. The highest BCUT2D eigenvalue weighted by Gasteiger charge is 2.40. The van der Waals surface area contributed by atoms with Gasteiger partial charge in [-0.2, -0.15) is 23.4 Å². The van der Waals surface area contributed by atoms with Gasteiger partial charge in [-0.15, -0.1) is 11.5 Å². The van der Waals surface area contributed by atoms with Gasteiger partial charge in [0.2, 0.25) is 0 Å². The Morgan fingerprint density at radius 2 is 1.97 bits per heavy atom. The van der Waals surface area contributed by atoms with Gasteiger partial charge in [0.15, 0.2) is 11.5 Å². The Bertz CT molecular complexity index is 1440. The molecule has 3 aromatic rings. The van der Waals surface area contributed by atoms with E-state index in [0.717, 1.165) is 18.3 Å². The second-order valence-electron chi connectivity index (χ2n) is 7.49. The molecule has 2 heterocycles. The number of halogens is 5. The topological polar surface area (TPSA) is 93.5 Å². The van der Waals surface area contributed by atoms with E-state index in [1.807, 2.05) is 0 Å². The number of allylic oxidation sites excluding steroid dienone is 2. The summed E-state index contributed by atoms with van der Waals surface area (Å²) in [4.78, 5) is 3.85. The molecule has 0 bridgehead atoms. The van der Waals surface area contributed by atoms with Crippen molar-refractivity contribution in [3.05, 3.63) is 88.9 Å². The number of anilines is 2. The van der Waals surface area contributed by atoms with E-state index in [1.165, 1.54) is 24.4 Å². The summed E-state index contributed by atoms with van der Waals surface area (Å²) in [5.74, 6) is 0.215. The minimum Gasteiger partial charge on any atom is -0.383 e. The Labute approximate surface area is 208 Å². The average molecular weight is 513 g/mol. The molecule has 0 aliphatic carbocycles. The minimum atomic E-state index is -4.89. The number of nitrogens with two attached hydrogens (primary N) is 1. The fourth-order valence-electron chi connectivity index (χ4n) is 3.49.